The Kier molecular flexibility index (Phi) is 6.22. The lowest BCUT2D eigenvalue weighted by Crippen LogP contribution is -2.50. The molecule has 0 aliphatic carbocycles. The van der Waals surface area contributed by atoms with Crippen molar-refractivity contribution in [2.45, 2.75) is 24.7 Å². The van der Waals surface area contributed by atoms with E-state index >= 15 is 0 Å². The van der Waals surface area contributed by atoms with E-state index in [0.29, 0.717) is 29.6 Å². The molecule has 0 saturated carbocycles. The predicted molar refractivity (Wildman–Crippen MR) is 123 cm³/mol. The van der Waals surface area contributed by atoms with Gasteiger partial charge >= 0.3 is 0 Å². The number of carbonyl (C=O) groups excluding carboxylic acids is 1. The number of carbonyl (C=O) groups is 1. The highest BCUT2D eigenvalue weighted by molar-refractivity contribution is 7.89. The summed E-state index contributed by atoms with van der Waals surface area (Å²) in [6.45, 7) is 5.39. The van der Waals surface area contributed by atoms with Crippen molar-refractivity contribution in [3.8, 4) is 10.6 Å². The Labute approximate surface area is 187 Å². The molecule has 1 aliphatic rings. The van der Waals surface area contributed by atoms with Crippen LogP contribution in [0.1, 0.15) is 35.8 Å². The Morgan fingerprint density at radius 3 is 2.23 bits per heavy atom. The van der Waals surface area contributed by atoms with Crippen molar-refractivity contribution in [1.82, 2.24) is 14.2 Å². The molecule has 1 aromatic heterocycles. The molecule has 162 valence electrons. The van der Waals surface area contributed by atoms with Gasteiger partial charge in [-0.05, 0) is 23.6 Å². The highest BCUT2D eigenvalue weighted by Gasteiger charge is 2.31. The van der Waals surface area contributed by atoms with Gasteiger partial charge in [-0.15, -0.1) is 11.3 Å². The van der Waals surface area contributed by atoms with Crippen LogP contribution >= 0.6 is 11.3 Å². The first kappa shape index (κ1) is 21.7. The van der Waals surface area contributed by atoms with Crippen LogP contribution in [0.2, 0.25) is 0 Å². The van der Waals surface area contributed by atoms with Crippen LogP contribution in [0.3, 0.4) is 0 Å². The van der Waals surface area contributed by atoms with E-state index in [-0.39, 0.29) is 19.0 Å². The van der Waals surface area contributed by atoms with E-state index < -0.39 is 10.0 Å². The first-order chi connectivity index (χ1) is 14.9. The molecule has 31 heavy (non-hydrogen) atoms. The van der Waals surface area contributed by atoms with Crippen LogP contribution in [0, 0.1) is 0 Å². The largest absolute Gasteiger partial charge is 0.335 e. The Balaban J connectivity index is 1.41. The number of benzene rings is 2. The third kappa shape index (κ3) is 4.56. The fourth-order valence-corrected chi connectivity index (χ4v) is 5.77. The lowest BCUT2D eigenvalue weighted by atomic mass is 10.0. The van der Waals surface area contributed by atoms with Gasteiger partial charge in [0.05, 0.1) is 4.90 Å². The molecule has 4 rings (SSSR count). The number of sulfonamides is 1. The van der Waals surface area contributed by atoms with Gasteiger partial charge in [-0.25, -0.2) is 13.4 Å². The minimum absolute atomic E-state index is 0.156. The highest BCUT2D eigenvalue weighted by Crippen LogP contribution is 2.25. The van der Waals surface area contributed by atoms with E-state index in [0.717, 1.165) is 16.1 Å². The lowest BCUT2D eigenvalue weighted by Gasteiger charge is -2.33. The van der Waals surface area contributed by atoms with Gasteiger partial charge in [0.2, 0.25) is 10.0 Å². The predicted octanol–water partition coefficient (Wildman–Crippen LogP) is 4.08. The molecular formula is C23H25N3O3S2. The highest BCUT2D eigenvalue weighted by atomic mass is 32.2. The number of amides is 1. The Morgan fingerprint density at radius 2 is 1.61 bits per heavy atom. The molecule has 1 amide bonds. The number of nitrogens with zero attached hydrogens (tertiary/aromatic N) is 3. The first-order valence-corrected chi connectivity index (χ1v) is 12.6. The SMILES string of the molecule is CC(C)c1ccc(S(=O)(=O)N2CCN(C(=O)c3csc(-c4ccccc4)n3)CC2)cc1. The second kappa shape index (κ2) is 8.90. The zero-order chi connectivity index (χ0) is 22.0. The van der Waals surface area contributed by atoms with Crippen molar-refractivity contribution in [2.24, 2.45) is 0 Å². The average Bonchev–Trinajstić information content (AvgIpc) is 3.30. The van der Waals surface area contributed by atoms with Crippen LogP contribution in [-0.2, 0) is 10.0 Å². The minimum atomic E-state index is -3.57. The standard InChI is InChI=1S/C23H25N3O3S2/c1-17(2)18-8-10-20(11-9-18)31(28,29)26-14-12-25(13-15-26)23(27)21-16-30-22(24-21)19-6-4-3-5-7-19/h3-11,16-17H,12-15H2,1-2H3. The van der Waals surface area contributed by atoms with Crippen molar-refractivity contribution >= 4 is 27.3 Å². The van der Waals surface area contributed by atoms with E-state index in [9.17, 15) is 13.2 Å². The van der Waals surface area contributed by atoms with Gasteiger partial charge < -0.3 is 4.90 Å². The van der Waals surface area contributed by atoms with E-state index in [1.165, 1.54) is 15.6 Å². The number of piperazine rings is 1. The van der Waals surface area contributed by atoms with Gasteiger partial charge in [0.1, 0.15) is 10.7 Å². The van der Waals surface area contributed by atoms with Gasteiger partial charge in [-0.1, -0.05) is 56.3 Å². The molecule has 3 aromatic rings. The summed E-state index contributed by atoms with van der Waals surface area (Å²) >= 11 is 1.44. The molecule has 0 N–H and O–H groups in total. The molecule has 1 saturated heterocycles. The molecule has 1 fully saturated rings. The van der Waals surface area contributed by atoms with Crippen LogP contribution < -0.4 is 0 Å². The van der Waals surface area contributed by atoms with Crippen LogP contribution in [0.4, 0.5) is 0 Å². The van der Waals surface area contributed by atoms with E-state index in [1.54, 1.807) is 22.4 Å². The summed E-state index contributed by atoms with van der Waals surface area (Å²) in [5.41, 5.74) is 2.49. The summed E-state index contributed by atoms with van der Waals surface area (Å²) < 4.78 is 27.4. The van der Waals surface area contributed by atoms with Crippen LogP contribution in [-0.4, -0.2) is 54.7 Å². The Morgan fingerprint density at radius 1 is 0.968 bits per heavy atom. The Hall–Kier alpha value is -2.55. The van der Waals surface area contributed by atoms with Crippen LogP contribution in [0.5, 0.6) is 0 Å². The summed E-state index contributed by atoms with van der Waals surface area (Å²) in [6.07, 6.45) is 0. The van der Waals surface area contributed by atoms with Crippen molar-refractivity contribution in [3.63, 3.8) is 0 Å². The fraction of sp³-hybridized carbons (Fsp3) is 0.304. The second-order valence-electron chi connectivity index (χ2n) is 7.82. The Bertz CT molecular complexity index is 1150. The zero-order valence-electron chi connectivity index (χ0n) is 17.6. The average molecular weight is 456 g/mol. The molecule has 2 aromatic carbocycles. The molecule has 0 radical (unpaired) electrons. The second-order valence-corrected chi connectivity index (χ2v) is 10.6. The number of hydrogen-bond acceptors (Lipinski definition) is 5. The van der Waals surface area contributed by atoms with Gasteiger partial charge in [0.25, 0.3) is 5.91 Å². The molecule has 8 heteroatoms. The fourth-order valence-electron chi connectivity index (χ4n) is 3.55. The maximum atomic E-state index is 13.0. The van der Waals surface area contributed by atoms with Crippen molar-refractivity contribution in [2.75, 3.05) is 26.2 Å². The number of thiazole rings is 1. The summed E-state index contributed by atoms with van der Waals surface area (Å²) in [5, 5.41) is 2.57. The summed E-state index contributed by atoms with van der Waals surface area (Å²) in [7, 11) is -3.57. The van der Waals surface area contributed by atoms with Gasteiger partial charge in [0, 0.05) is 37.1 Å². The van der Waals surface area contributed by atoms with Crippen molar-refractivity contribution in [1.29, 1.82) is 0 Å². The minimum Gasteiger partial charge on any atom is -0.335 e. The maximum absolute atomic E-state index is 13.0. The summed E-state index contributed by atoms with van der Waals surface area (Å²) in [5.74, 6) is 0.191. The molecule has 0 bridgehead atoms. The third-order valence-electron chi connectivity index (χ3n) is 5.45. The number of aromatic nitrogens is 1. The molecule has 6 nitrogen and oxygen atoms in total. The molecule has 0 spiro atoms. The zero-order valence-corrected chi connectivity index (χ0v) is 19.2. The topological polar surface area (TPSA) is 70.6 Å². The normalized spacial score (nSPS) is 15.4. The van der Waals surface area contributed by atoms with Crippen molar-refractivity contribution < 1.29 is 13.2 Å². The number of hydrogen-bond donors (Lipinski definition) is 0. The third-order valence-corrected chi connectivity index (χ3v) is 8.26. The summed E-state index contributed by atoms with van der Waals surface area (Å²) in [6, 6.07) is 16.8. The van der Waals surface area contributed by atoms with Crippen molar-refractivity contribution in [3.05, 3.63) is 71.2 Å². The van der Waals surface area contributed by atoms with E-state index in [4.69, 9.17) is 0 Å². The lowest BCUT2D eigenvalue weighted by molar-refractivity contribution is 0.0693. The first-order valence-electron chi connectivity index (χ1n) is 10.3. The molecule has 2 heterocycles. The smallest absolute Gasteiger partial charge is 0.273 e. The van der Waals surface area contributed by atoms with Crippen LogP contribution in [0.25, 0.3) is 10.6 Å². The molecule has 1 aliphatic heterocycles. The molecule has 0 unspecified atom stereocenters. The maximum Gasteiger partial charge on any atom is 0.273 e. The van der Waals surface area contributed by atoms with Crippen LogP contribution in [0.15, 0.2) is 64.9 Å². The molecule has 0 atom stereocenters. The quantitative estimate of drug-likeness (QED) is 0.581. The van der Waals surface area contributed by atoms with E-state index in [1.807, 2.05) is 42.5 Å². The van der Waals surface area contributed by atoms with E-state index in [2.05, 4.69) is 18.8 Å². The monoisotopic (exact) mass is 455 g/mol. The summed E-state index contributed by atoms with van der Waals surface area (Å²) in [4.78, 5) is 19.3. The molecular weight excluding hydrogens is 430 g/mol. The number of rotatable bonds is 5. The van der Waals surface area contributed by atoms with Gasteiger partial charge in [-0.2, -0.15) is 4.31 Å². The van der Waals surface area contributed by atoms with Gasteiger partial charge in [0.15, 0.2) is 0 Å². The van der Waals surface area contributed by atoms with Gasteiger partial charge in [-0.3, -0.25) is 4.79 Å².